The van der Waals surface area contributed by atoms with Crippen LogP contribution in [0, 0.1) is 13.8 Å². The van der Waals surface area contributed by atoms with E-state index in [1.54, 1.807) is 20.3 Å². The van der Waals surface area contributed by atoms with Gasteiger partial charge in [0.25, 0.3) is 0 Å². The third kappa shape index (κ3) is 6.78. The number of benzene rings is 1. The molecule has 1 radical (unpaired) electrons. The molecule has 1 amide bonds. The second-order valence-electron chi connectivity index (χ2n) is 10.2. The molecule has 1 unspecified atom stereocenters. The SMILES string of the molecule is CC[B]C(Nc1nc(C)nc(CC(=O)NC2CC(O)(C(F)(F)F)C2)c1C1OCCO1)c1cccc(C(F)(F)F)c1C. The van der Waals surface area contributed by atoms with E-state index < -0.39 is 60.5 Å². The van der Waals surface area contributed by atoms with Gasteiger partial charge in [0.2, 0.25) is 5.91 Å². The monoisotopic (exact) mass is 587 g/mol. The Labute approximate surface area is 233 Å². The zero-order valence-electron chi connectivity index (χ0n) is 22.6. The van der Waals surface area contributed by atoms with Crippen LogP contribution in [0.5, 0.6) is 0 Å². The maximum absolute atomic E-state index is 13.6. The van der Waals surface area contributed by atoms with Crippen LogP contribution in [0.15, 0.2) is 18.2 Å². The molecule has 2 fully saturated rings. The molecule has 1 aliphatic carbocycles. The van der Waals surface area contributed by atoms with E-state index in [-0.39, 0.29) is 48.1 Å². The summed E-state index contributed by atoms with van der Waals surface area (Å²) >= 11 is 0. The Hall–Kier alpha value is -2.91. The number of nitrogens with one attached hydrogen (secondary N) is 2. The molecular weight excluding hydrogens is 557 g/mol. The number of halogens is 6. The van der Waals surface area contributed by atoms with Crippen molar-refractivity contribution in [2.24, 2.45) is 0 Å². The lowest BCUT2D eigenvalue weighted by atomic mass is 9.63. The standard InChI is InChI=1S/C26H30BF6N4O4/c1-4-27-21(16-6-5-7-17(13(16)2)25(28,29)30)37-22-20(23-40-8-9-41-23)18(34-14(3)35-22)10-19(38)36-15-11-24(39,12-15)26(31,32)33/h5-7,15,21,23,39H,4,8-12H2,1-3H3,(H,36,38)(H,34,35,37). The minimum absolute atomic E-state index is 0.0433. The molecule has 1 aliphatic heterocycles. The summed E-state index contributed by atoms with van der Waals surface area (Å²) in [5.74, 6) is -0.918. The van der Waals surface area contributed by atoms with Gasteiger partial charge in [-0.2, -0.15) is 26.3 Å². The number of amides is 1. The maximum atomic E-state index is 13.6. The molecule has 15 heteroatoms. The van der Waals surface area contributed by atoms with E-state index >= 15 is 0 Å². The van der Waals surface area contributed by atoms with Crippen molar-refractivity contribution in [2.45, 2.75) is 82.6 Å². The van der Waals surface area contributed by atoms with E-state index in [4.69, 9.17) is 9.47 Å². The summed E-state index contributed by atoms with van der Waals surface area (Å²) in [5.41, 5.74) is -2.73. The molecule has 41 heavy (non-hydrogen) atoms. The second-order valence-corrected chi connectivity index (χ2v) is 10.2. The number of hydrogen-bond donors (Lipinski definition) is 3. The molecule has 0 bridgehead atoms. The summed E-state index contributed by atoms with van der Waals surface area (Å²) < 4.78 is 91.1. The molecule has 3 N–H and O–H groups in total. The van der Waals surface area contributed by atoms with E-state index in [0.717, 1.165) is 6.07 Å². The summed E-state index contributed by atoms with van der Waals surface area (Å²) in [6.45, 7) is 5.26. The number of carbonyl (C=O) groups excluding carboxylic acids is 1. The summed E-state index contributed by atoms with van der Waals surface area (Å²) in [6.07, 6.45) is -11.5. The van der Waals surface area contributed by atoms with Gasteiger partial charge in [-0.3, -0.25) is 4.79 Å². The van der Waals surface area contributed by atoms with Gasteiger partial charge in [-0.1, -0.05) is 25.4 Å². The highest BCUT2D eigenvalue weighted by atomic mass is 19.4. The van der Waals surface area contributed by atoms with E-state index in [1.807, 2.05) is 6.92 Å². The highest BCUT2D eigenvalue weighted by molar-refractivity contribution is 6.38. The minimum atomic E-state index is -4.80. The van der Waals surface area contributed by atoms with Crippen molar-refractivity contribution in [1.29, 1.82) is 0 Å². The Morgan fingerprint density at radius 3 is 2.39 bits per heavy atom. The normalized spacial score (nSPS) is 22.2. The average Bonchev–Trinajstić information content (AvgIpc) is 3.35. The van der Waals surface area contributed by atoms with Crippen LogP contribution >= 0.6 is 0 Å². The average molecular weight is 587 g/mol. The van der Waals surface area contributed by atoms with Crippen LogP contribution in [-0.2, 0) is 26.9 Å². The van der Waals surface area contributed by atoms with Crippen LogP contribution in [0.25, 0.3) is 0 Å². The summed E-state index contributed by atoms with van der Waals surface area (Å²) in [5, 5.41) is 15.4. The first kappa shape index (κ1) is 31.0. The highest BCUT2D eigenvalue weighted by Crippen LogP contribution is 2.45. The van der Waals surface area contributed by atoms with Crippen LogP contribution in [0.1, 0.15) is 65.8 Å². The van der Waals surface area contributed by atoms with E-state index in [9.17, 15) is 36.2 Å². The quantitative estimate of drug-likeness (QED) is 0.293. The van der Waals surface area contributed by atoms with Gasteiger partial charge >= 0.3 is 12.4 Å². The molecule has 2 aliphatic rings. The number of carbonyl (C=O) groups is 1. The first-order valence-electron chi connectivity index (χ1n) is 13.1. The maximum Gasteiger partial charge on any atom is 0.417 e. The Morgan fingerprint density at radius 2 is 1.80 bits per heavy atom. The lowest BCUT2D eigenvalue weighted by molar-refractivity contribution is -0.291. The number of aryl methyl sites for hydroxylation is 1. The smallest absolute Gasteiger partial charge is 0.380 e. The van der Waals surface area contributed by atoms with E-state index in [2.05, 4.69) is 20.6 Å². The molecular formula is C26H30BF6N4O4. The number of aromatic nitrogens is 2. The zero-order valence-corrected chi connectivity index (χ0v) is 22.6. The lowest BCUT2D eigenvalue weighted by Gasteiger charge is -2.44. The highest BCUT2D eigenvalue weighted by Gasteiger charge is 2.61. The molecule has 1 saturated carbocycles. The third-order valence-electron chi connectivity index (χ3n) is 7.16. The number of ether oxygens (including phenoxy) is 2. The molecule has 1 aromatic heterocycles. The van der Waals surface area contributed by atoms with Gasteiger partial charge < -0.3 is 25.2 Å². The number of anilines is 1. The molecule has 4 rings (SSSR count). The third-order valence-corrected chi connectivity index (χ3v) is 7.16. The van der Waals surface area contributed by atoms with Crippen molar-refractivity contribution in [3.8, 4) is 0 Å². The lowest BCUT2D eigenvalue weighted by Crippen LogP contribution is -2.62. The summed E-state index contributed by atoms with van der Waals surface area (Å²) in [4.78, 5) is 21.7. The number of nitrogens with zero attached hydrogens (tertiary/aromatic N) is 2. The van der Waals surface area contributed by atoms with Crippen molar-refractivity contribution in [3.05, 3.63) is 52.0 Å². The Bertz CT molecular complexity index is 1260. The molecule has 2 heterocycles. The van der Waals surface area contributed by atoms with Crippen LogP contribution in [0.2, 0.25) is 6.32 Å². The molecule has 1 aromatic carbocycles. The fourth-order valence-corrected chi connectivity index (χ4v) is 5.12. The van der Waals surface area contributed by atoms with Gasteiger partial charge in [-0.05, 0) is 31.0 Å². The first-order valence-corrected chi connectivity index (χ1v) is 13.1. The number of hydrogen-bond acceptors (Lipinski definition) is 7. The predicted octanol–water partition coefficient (Wildman–Crippen LogP) is 4.53. The van der Waals surface area contributed by atoms with Gasteiger partial charge in [0.1, 0.15) is 18.9 Å². The van der Waals surface area contributed by atoms with Crippen LogP contribution in [-0.4, -0.2) is 59.3 Å². The van der Waals surface area contributed by atoms with E-state index in [1.165, 1.54) is 13.0 Å². The zero-order chi connectivity index (χ0) is 30.2. The molecule has 2 aromatic rings. The Morgan fingerprint density at radius 1 is 1.15 bits per heavy atom. The van der Waals surface area contributed by atoms with Crippen LogP contribution < -0.4 is 10.6 Å². The molecule has 223 valence electrons. The van der Waals surface area contributed by atoms with Gasteiger partial charge in [0.15, 0.2) is 11.9 Å². The van der Waals surface area contributed by atoms with Gasteiger partial charge in [0.05, 0.1) is 36.5 Å². The number of alkyl halides is 6. The van der Waals surface area contributed by atoms with Gasteiger partial charge in [0, 0.05) is 24.8 Å². The predicted molar refractivity (Wildman–Crippen MR) is 136 cm³/mol. The first-order chi connectivity index (χ1) is 19.1. The Kier molecular flexibility index (Phi) is 8.91. The molecule has 0 spiro atoms. The second kappa shape index (κ2) is 11.8. The van der Waals surface area contributed by atoms with Crippen molar-refractivity contribution in [2.75, 3.05) is 18.5 Å². The summed E-state index contributed by atoms with van der Waals surface area (Å²) in [7, 11) is 1.78. The molecule has 1 saturated heterocycles. The van der Waals surface area contributed by atoms with Crippen molar-refractivity contribution in [1.82, 2.24) is 15.3 Å². The van der Waals surface area contributed by atoms with Crippen molar-refractivity contribution in [3.63, 3.8) is 0 Å². The molecule has 8 nitrogen and oxygen atoms in total. The Balaban J connectivity index is 1.63. The van der Waals surface area contributed by atoms with Crippen molar-refractivity contribution >= 4 is 19.0 Å². The van der Waals surface area contributed by atoms with Crippen molar-refractivity contribution < 1.29 is 45.7 Å². The topological polar surface area (TPSA) is 106 Å². The number of rotatable bonds is 9. The largest absolute Gasteiger partial charge is 0.417 e. The fraction of sp³-hybridized carbons (Fsp3) is 0.577. The summed E-state index contributed by atoms with van der Waals surface area (Å²) in [6, 6.07) is 3.05. The number of aliphatic hydroxyl groups is 1. The van der Waals surface area contributed by atoms with E-state index in [0.29, 0.717) is 11.9 Å². The molecule has 1 atom stereocenters. The van der Waals surface area contributed by atoms with Crippen LogP contribution in [0.3, 0.4) is 0 Å². The van der Waals surface area contributed by atoms with Gasteiger partial charge in [-0.15, -0.1) is 0 Å². The fourth-order valence-electron chi connectivity index (χ4n) is 5.12. The van der Waals surface area contributed by atoms with Crippen LogP contribution in [0.4, 0.5) is 32.2 Å². The van der Waals surface area contributed by atoms with Gasteiger partial charge in [-0.25, -0.2) is 9.97 Å². The minimum Gasteiger partial charge on any atom is -0.380 e.